The van der Waals surface area contributed by atoms with Gasteiger partial charge in [-0.05, 0) is 30.3 Å². The largest absolute Gasteiger partial charge is 0.482 e. The van der Waals surface area contributed by atoms with E-state index in [2.05, 4.69) is 5.32 Å². The molecule has 6 heteroatoms. The zero-order chi connectivity index (χ0) is 15.7. The maximum atomic E-state index is 12.2. The van der Waals surface area contributed by atoms with Crippen LogP contribution in [0.4, 0.5) is 11.4 Å². The third kappa shape index (κ3) is 2.63. The fourth-order valence-corrected chi connectivity index (χ4v) is 2.42. The predicted molar refractivity (Wildman–Crippen MR) is 84.8 cm³/mol. The van der Waals surface area contributed by atoms with Gasteiger partial charge in [-0.15, -0.1) is 0 Å². The second-order valence-corrected chi connectivity index (χ2v) is 5.27. The van der Waals surface area contributed by atoms with Crippen LogP contribution in [0.3, 0.4) is 0 Å². The van der Waals surface area contributed by atoms with Gasteiger partial charge in [-0.25, -0.2) is 0 Å². The fraction of sp³-hybridized carbons (Fsp3) is 0.125. The molecule has 0 saturated carbocycles. The van der Waals surface area contributed by atoms with Crippen molar-refractivity contribution >= 4 is 34.8 Å². The van der Waals surface area contributed by atoms with Crippen molar-refractivity contribution in [1.29, 1.82) is 0 Å². The molecule has 0 atom stereocenters. The van der Waals surface area contributed by atoms with Gasteiger partial charge in [0.1, 0.15) is 5.75 Å². The summed E-state index contributed by atoms with van der Waals surface area (Å²) in [5, 5.41) is 3.15. The molecule has 2 aromatic carbocycles. The van der Waals surface area contributed by atoms with Crippen molar-refractivity contribution in [3.63, 3.8) is 0 Å². The summed E-state index contributed by atoms with van der Waals surface area (Å²) in [5.41, 5.74) is 1.57. The molecule has 5 nitrogen and oxygen atoms in total. The number of benzene rings is 2. The molecule has 2 amide bonds. The summed E-state index contributed by atoms with van der Waals surface area (Å²) in [6.07, 6.45) is 0. The number of nitrogens with zero attached hydrogens (tertiary/aromatic N) is 1. The van der Waals surface area contributed by atoms with Crippen LogP contribution in [-0.2, 0) is 4.79 Å². The van der Waals surface area contributed by atoms with Crippen molar-refractivity contribution in [3.05, 3.63) is 53.1 Å². The maximum absolute atomic E-state index is 12.2. The second kappa shape index (κ2) is 5.69. The van der Waals surface area contributed by atoms with E-state index in [4.69, 9.17) is 16.3 Å². The van der Waals surface area contributed by atoms with Crippen molar-refractivity contribution in [2.45, 2.75) is 0 Å². The molecule has 112 valence electrons. The lowest BCUT2D eigenvalue weighted by Crippen LogP contribution is -2.35. The van der Waals surface area contributed by atoms with E-state index in [-0.39, 0.29) is 18.4 Å². The van der Waals surface area contributed by atoms with Crippen molar-refractivity contribution in [2.24, 2.45) is 0 Å². The highest BCUT2D eigenvalue weighted by atomic mass is 35.5. The molecular formula is C16H13ClN2O3. The van der Waals surface area contributed by atoms with E-state index in [9.17, 15) is 9.59 Å². The minimum Gasteiger partial charge on any atom is -0.482 e. The smallest absolute Gasteiger partial charge is 0.264 e. The first-order chi connectivity index (χ1) is 10.6. The Hall–Kier alpha value is -2.53. The predicted octanol–water partition coefficient (Wildman–Crippen LogP) is 2.95. The Morgan fingerprint density at radius 3 is 2.82 bits per heavy atom. The monoisotopic (exact) mass is 316 g/mol. The molecule has 0 aliphatic carbocycles. The molecule has 0 spiro atoms. The van der Waals surface area contributed by atoms with Gasteiger partial charge in [0.15, 0.2) is 6.61 Å². The van der Waals surface area contributed by atoms with Gasteiger partial charge in [0, 0.05) is 12.7 Å². The minimum absolute atomic E-state index is 0.0226. The van der Waals surface area contributed by atoms with Gasteiger partial charge < -0.3 is 15.0 Å². The Balaban J connectivity index is 1.86. The average molecular weight is 317 g/mol. The topological polar surface area (TPSA) is 58.6 Å². The number of hydrogen-bond acceptors (Lipinski definition) is 3. The van der Waals surface area contributed by atoms with Crippen LogP contribution in [0, 0.1) is 0 Å². The van der Waals surface area contributed by atoms with Crippen LogP contribution in [0.2, 0.25) is 5.02 Å². The molecular weight excluding hydrogens is 304 g/mol. The molecule has 1 N–H and O–H groups in total. The van der Waals surface area contributed by atoms with Crippen LogP contribution in [0.1, 0.15) is 10.4 Å². The molecule has 1 aliphatic heterocycles. The quantitative estimate of drug-likeness (QED) is 0.926. The molecule has 1 heterocycles. The molecule has 0 radical (unpaired) electrons. The summed E-state index contributed by atoms with van der Waals surface area (Å²) < 4.78 is 5.34. The number of fused-ring (bicyclic) bond motifs is 1. The van der Waals surface area contributed by atoms with Gasteiger partial charge in [-0.2, -0.15) is 0 Å². The molecule has 3 rings (SSSR count). The highest BCUT2D eigenvalue weighted by Gasteiger charge is 2.22. The van der Waals surface area contributed by atoms with Crippen molar-refractivity contribution < 1.29 is 14.3 Å². The number of hydrogen-bond donors (Lipinski definition) is 1. The number of anilines is 2. The Morgan fingerprint density at radius 1 is 1.27 bits per heavy atom. The summed E-state index contributed by atoms with van der Waals surface area (Å²) in [6.45, 7) is 0.0226. The van der Waals surface area contributed by atoms with Gasteiger partial charge in [-0.3, -0.25) is 9.59 Å². The number of amides is 2. The highest BCUT2D eigenvalue weighted by Crippen LogP contribution is 2.33. The summed E-state index contributed by atoms with van der Waals surface area (Å²) in [4.78, 5) is 25.4. The maximum Gasteiger partial charge on any atom is 0.264 e. The number of rotatable bonds is 2. The van der Waals surface area contributed by atoms with E-state index in [1.165, 1.54) is 4.90 Å². The van der Waals surface area contributed by atoms with E-state index >= 15 is 0 Å². The van der Waals surface area contributed by atoms with E-state index in [0.717, 1.165) is 0 Å². The van der Waals surface area contributed by atoms with Crippen molar-refractivity contribution in [2.75, 3.05) is 23.9 Å². The lowest BCUT2D eigenvalue weighted by atomic mass is 10.2. The summed E-state index contributed by atoms with van der Waals surface area (Å²) in [6, 6.07) is 11.9. The second-order valence-electron chi connectivity index (χ2n) is 4.86. The summed E-state index contributed by atoms with van der Waals surface area (Å²) in [5.74, 6) is 0.163. The Labute approximate surface area is 132 Å². The zero-order valence-corrected chi connectivity index (χ0v) is 12.6. The molecule has 0 aromatic heterocycles. The lowest BCUT2D eigenvalue weighted by Gasteiger charge is -2.26. The van der Waals surface area contributed by atoms with Crippen LogP contribution in [-0.4, -0.2) is 25.5 Å². The number of ether oxygens (including phenoxy) is 1. The first-order valence-electron chi connectivity index (χ1n) is 6.65. The Bertz CT molecular complexity index is 761. The van der Waals surface area contributed by atoms with Crippen LogP contribution in [0.25, 0.3) is 0 Å². The number of carbonyl (C=O) groups excluding carboxylic acids is 2. The fourth-order valence-electron chi connectivity index (χ4n) is 2.19. The molecule has 0 bridgehead atoms. The molecule has 2 aromatic rings. The lowest BCUT2D eigenvalue weighted by molar-refractivity contribution is -0.120. The standard InChI is InChI=1S/C16H13ClN2O3/c1-19-13-8-10(6-7-14(13)22-9-15(19)20)18-16(21)11-4-2-3-5-12(11)17/h2-8H,9H2,1H3,(H,18,21). The molecule has 22 heavy (non-hydrogen) atoms. The van der Waals surface area contributed by atoms with E-state index in [0.29, 0.717) is 27.7 Å². The number of carbonyl (C=O) groups is 2. The molecule has 1 aliphatic rings. The van der Waals surface area contributed by atoms with Gasteiger partial charge >= 0.3 is 0 Å². The molecule has 0 fully saturated rings. The van der Waals surface area contributed by atoms with E-state index in [1.54, 1.807) is 49.5 Å². The summed E-state index contributed by atoms with van der Waals surface area (Å²) >= 11 is 6.01. The Kier molecular flexibility index (Phi) is 3.73. The Morgan fingerprint density at radius 2 is 2.05 bits per heavy atom. The van der Waals surface area contributed by atoms with Crippen LogP contribution >= 0.6 is 11.6 Å². The van der Waals surface area contributed by atoms with E-state index in [1.807, 2.05) is 0 Å². The first-order valence-corrected chi connectivity index (χ1v) is 7.03. The van der Waals surface area contributed by atoms with Crippen molar-refractivity contribution in [1.82, 2.24) is 0 Å². The van der Waals surface area contributed by atoms with Gasteiger partial charge in [0.25, 0.3) is 11.8 Å². The zero-order valence-electron chi connectivity index (χ0n) is 11.8. The van der Waals surface area contributed by atoms with Crippen LogP contribution in [0.15, 0.2) is 42.5 Å². The SMILES string of the molecule is CN1C(=O)COc2ccc(NC(=O)c3ccccc3Cl)cc21. The minimum atomic E-state index is -0.309. The number of nitrogens with one attached hydrogen (secondary N) is 1. The number of halogens is 1. The molecule has 0 saturated heterocycles. The highest BCUT2D eigenvalue weighted by molar-refractivity contribution is 6.34. The van der Waals surface area contributed by atoms with E-state index < -0.39 is 0 Å². The third-order valence-corrected chi connectivity index (χ3v) is 3.75. The average Bonchev–Trinajstić information content (AvgIpc) is 2.52. The first kappa shape index (κ1) is 14.4. The number of likely N-dealkylation sites (N-methyl/N-ethyl adjacent to an activating group) is 1. The van der Waals surface area contributed by atoms with Crippen LogP contribution in [0.5, 0.6) is 5.75 Å². The van der Waals surface area contributed by atoms with Crippen molar-refractivity contribution in [3.8, 4) is 5.75 Å². The normalized spacial score (nSPS) is 13.4. The van der Waals surface area contributed by atoms with Crippen LogP contribution < -0.4 is 15.0 Å². The summed E-state index contributed by atoms with van der Waals surface area (Å²) in [7, 11) is 1.67. The van der Waals surface area contributed by atoms with Gasteiger partial charge in [0.2, 0.25) is 0 Å². The third-order valence-electron chi connectivity index (χ3n) is 3.42. The molecule has 0 unspecified atom stereocenters. The van der Waals surface area contributed by atoms with Gasteiger partial charge in [-0.1, -0.05) is 23.7 Å². The van der Waals surface area contributed by atoms with Gasteiger partial charge in [0.05, 0.1) is 16.3 Å².